The van der Waals surface area contributed by atoms with Gasteiger partial charge in [-0.05, 0) is 43.7 Å². The van der Waals surface area contributed by atoms with Gasteiger partial charge in [0, 0.05) is 30.5 Å². The van der Waals surface area contributed by atoms with Gasteiger partial charge in [-0.3, -0.25) is 4.79 Å². The van der Waals surface area contributed by atoms with Crippen molar-refractivity contribution in [2.24, 2.45) is 7.05 Å². The van der Waals surface area contributed by atoms with Gasteiger partial charge < -0.3 is 15.2 Å². The maximum absolute atomic E-state index is 13.2. The molecule has 0 aliphatic heterocycles. The van der Waals surface area contributed by atoms with Crippen LogP contribution in [0.15, 0.2) is 60.9 Å². The first-order chi connectivity index (χ1) is 14.5. The van der Waals surface area contributed by atoms with Crippen molar-refractivity contribution in [3.63, 3.8) is 0 Å². The second kappa shape index (κ2) is 8.32. The summed E-state index contributed by atoms with van der Waals surface area (Å²) in [5, 5.41) is 6.22. The van der Waals surface area contributed by atoms with Crippen LogP contribution in [0.25, 0.3) is 11.0 Å². The van der Waals surface area contributed by atoms with Gasteiger partial charge in [-0.25, -0.2) is 15.0 Å². The number of anilines is 2. The van der Waals surface area contributed by atoms with Crippen molar-refractivity contribution in [2.75, 3.05) is 10.6 Å². The van der Waals surface area contributed by atoms with Gasteiger partial charge in [0.25, 0.3) is 0 Å². The maximum atomic E-state index is 13.2. The molecule has 7 heteroatoms. The highest BCUT2D eigenvalue weighted by Gasteiger charge is 2.21. The van der Waals surface area contributed by atoms with Crippen molar-refractivity contribution in [2.45, 2.75) is 26.3 Å². The molecule has 0 saturated carbocycles. The van der Waals surface area contributed by atoms with E-state index < -0.39 is 6.04 Å². The molecule has 4 rings (SSSR count). The Morgan fingerprint density at radius 2 is 1.77 bits per heavy atom. The molecule has 0 fully saturated rings. The van der Waals surface area contributed by atoms with Gasteiger partial charge in [-0.1, -0.05) is 30.3 Å². The third-order valence-electron chi connectivity index (χ3n) is 4.88. The smallest absolute Gasteiger partial charge is 0.247 e. The Hall–Kier alpha value is -3.74. The molecule has 0 saturated heterocycles. The van der Waals surface area contributed by atoms with E-state index in [1.54, 1.807) is 6.33 Å². The summed E-state index contributed by atoms with van der Waals surface area (Å²) in [6, 6.07) is 17.0. The van der Waals surface area contributed by atoms with Gasteiger partial charge in [0.2, 0.25) is 11.9 Å². The number of hydrogen-bond donors (Lipinski definition) is 2. The van der Waals surface area contributed by atoms with Crippen LogP contribution in [0.2, 0.25) is 0 Å². The maximum Gasteiger partial charge on any atom is 0.247 e. The minimum Gasteiger partial charge on any atom is -0.342 e. The summed E-state index contributed by atoms with van der Waals surface area (Å²) in [5.74, 6) is 0.292. The van der Waals surface area contributed by atoms with Crippen LogP contribution < -0.4 is 10.6 Å². The summed E-state index contributed by atoms with van der Waals surface area (Å²) in [7, 11) is 1.94. The van der Waals surface area contributed by atoms with Crippen molar-refractivity contribution < 1.29 is 4.79 Å². The second-order valence-corrected chi connectivity index (χ2v) is 7.41. The molecule has 2 aromatic carbocycles. The Bertz CT molecular complexity index is 1160. The van der Waals surface area contributed by atoms with Gasteiger partial charge >= 0.3 is 0 Å². The van der Waals surface area contributed by atoms with Crippen LogP contribution in [0.5, 0.6) is 0 Å². The Labute approximate surface area is 175 Å². The molecule has 0 spiro atoms. The number of hydrogen-bond acceptors (Lipinski definition) is 5. The summed E-state index contributed by atoms with van der Waals surface area (Å²) in [6.45, 7) is 3.82. The van der Waals surface area contributed by atoms with Crippen molar-refractivity contribution in [1.82, 2.24) is 19.5 Å². The number of carbonyl (C=O) groups is 1. The van der Waals surface area contributed by atoms with Gasteiger partial charge in [-0.2, -0.15) is 0 Å². The summed E-state index contributed by atoms with van der Waals surface area (Å²) in [4.78, 5) is 26.4. The van der Waals surface area contributed by atoms with Crippen LogP contribution in [0.1, 0.15) is 17.0 Å². The number of aryl methyl sites for hydroxylation is 3. The minimum absolute atomic E-state index is 0.156. The zero-order valence-electron chi connectivity index (χ0n) is 17.3. The highest BCUT2D eigenvalue weighted by atomic mass is 16.2. The van der Waals surface area contributed by atoms with Crippen LogP contribution in [-0.2, 0) is 18.3 Å². The van der Waals surface area contributed by atoms with E-state index in [1.807, 2.05) is 80.1 Å². The first kappa shape index (κ1) is 19.6. The molecular weight excluding hydrogens is 376 g/mol. The lowest BCUT2D eigenvalue weighted by Gasteiger charge is -2.19. The largest absolute Gasteiger partial charge is 0.342 e. The van der Waals surface area contributed by atoms with Crippen molar-refractivity contribution >= 4 is 28.6 Å². The van der Waals surface area contributed by atoms with E-state index in [2.05, 4.69) is 25.6 Å². The third kappa shape index (κ3) is 4.46. The number of rotatable bonds is 6. The molecule has 30 heavy (non-hydrogen) atoms. The van der Waals surface area contributed by atoms with E-state index >= 15 is 0 Å². The number of nitrogens with one attached hydrogen (secondary N) is 2. The molecule has 2 aromatic heterocycles. The van der Waals surface area contributed by atoms with E-state index in [0.717, 1.165) is 28.0 Å². The summed E-state index contributed by atoms with van der Waals surface area (Å²) in [5.41, 5.74) is 5.30. The summed E-state index contributed by atoms with van der Waals surface area (Å²) >= 11 is 0. The fraction of sp³-hybridized carbons (Fsp3) is 0.217. The first-order valence-corrected chi connectivity index (χ1v) is 9.82. The zero-order chi connectivity index (χ0) is 21.1. The Kier molecular flexibility index (Phi) is 5.43. The van der Waals surface area contributed by atoms with Gasteiger partial charge in [-0.15, -0.1) is 0 Å². The molecule has 1 atom stereocenters. The molecule has 0 radical (unpaired) electrons. The highest BCUT2D eigenvalue weighted by Crippen LogP contribution is 2.18. The fourth-order valence-corrected chi connectivity index (χ4v) is 3.45. The normalized spacial score (nSPS) is 12.0. The highest BCUT2D eigenvalue weighted by molar-refractivity contribution is 5.98. The molecule has 1 unspecified atom stereocenters. The number of fused-ring (bicyclic) bond motifs is 1. The topological polar surface area (TPSA) is 84.7 Å². The summed E-state index contributed by atoms with van der Waals surface area (Å²) in [6.07, 6.45) is 2.27. The Balaban J connectivity index is 1.58. The van der Waals surface area contributed by atoms with Crippen LogP contribution >= 0.6 is 0 Å². The first-order valence-electron chi connectivity index (χ1n) is 9.82. The van der Waals surface area contributed by atoms with Gasteiger partial charge in [0.05, 0.1) is 17.4 Å². The quantitative estimate of drug-likeness (QED) is 0.516. The monoisotopic (exact) mass is 400 g/mol. The summed E-state index contributed by atoms with van der Waals surface area (Å²) < 4.78 is 1.94. The van der Waals surface area contributed by atoms with Gasteiger partial charge in [0.1, 0.15) is 6.04 Å². The number of carbonyl (C=O) groups excluding carboxylic acids is 1. The standard InChI is InChI=1S/C23H24N6O/c1-15-11-16(2)26-23(25-15)28-20(12-17-7-5-4-6-8-17)22(30)27-18-9-10-21-19(13-18)24-14-29(21)3/h4-11,13-14,20H,12H2,1-3H3,(H,27,30)(H,25,26,28). The molecule has 1 amide bonds. The number of aromatic nitrogens is 4. The molecule has 2 N–H and O–H groups in total. The molecular formula is C23H24N6O. The number of benzene rings is 2. The SMILES string of the molecule is Cc1cc(C)nc(NC(Cc2ccccc2)C(=O)Nc2ccc3c(c2)ncn3C)n1. The van der Waals surface area contributed by atoms with Crippen LogP contribution in [-0.4, -0.2) is 31.5 Å². The molecule has 0 aliphatic rings. The van der Waals surface area contributed by atoms with Crippen molar-refractivity contribution in [3.05, 3.63) is 77.9 Å². The van der Waals surface area contributed by atoms with Gasteiger partial charge in [0.15, 0.2) is 0 Å². The van der Waals surface area contributed by atoms with E-state index in [0.29, 0.717) is 18.1 Å². The lowest BCUT2D eigenvalue weighted by molar-refractivity contribution is -0.116. The van der Waals surface area contributed by atoms with E-state index in [-0.39, 0.29) is 5.91 Å². The van der Waals surface area contributed by atoms with Crippen LogP contribution in [0.4, 0.5) is 11.6 Å². The van der Waals surface area contributed by atoms with E-state index in [1.165, 1.54) is 0 Å². The number of amides is 1. The molecule has 152 valence electrons. The lowest BCUT2D eigenvalue weighted by atomic mass is 10.1. The number of imidazole rings is 1. The average molecular weight is 400 g/mol. The van der Waals surface area contributed by atoms with Crippen LogP contribution in [0.3, 0.4) is 0 Å². The van der Waals surface area contributed by atoms with E-state index in [9.17, 15) is 4.79 Å². The molecule has 4 aromatic rings. The molecule has 2 heterocycles. The zero-order valence-corrected chi connectivity index (χ0v) is 17.3. The molecule has 0 bridgehead atoms. The third-order valence-corrected chi connectivity index (χ3v) is 4.88. The van der Waals surface area contributed by atoms with Crippen LogP contribution in [0, 0.1) is 13.8 Å². The average Bonchev–Trinajstić information content (AvgIpc) is 3.08. The predicted octanol–water partition coefficient (Wildman–Crippen LogP) is 3.64. The second-order valence-electron chi connectivity index (χ2n) is 7.41. The number of nitrogens with zero attached hydrogens (tertiary/aromatic N) is 4. The Morgan fingerprint density at radius 3 is 2.50 bits per heavy atom. The molecule has 7 nitrogen and oxygen atoms in total. The van der Waals surface area contributed by atoms with Crippen molar-refractivity contribution in [3.8, 4) is 0 Å². The van der Waals surface area contributed by atoms with E-state index in [4.69, 9.17) is 0 Å². The molecule has 0 aliphatic carbocycles. The fourth-order valence-electron chi connectivity index (χ4n) is 3.45. The Morgan fingerprint density at radius 1 is 1.03 bits per heavy atom. The predicted molar refractivity (Wildman–Crippen MR) is 118 cm³/mol. The van der Waals surface area contributed by atoms with Crippen molar-refractivity contribution in [1.29, 1.82) is 0 Å². The minimum atomic E-state index is -0.534. The lowest BCUT2D eigenvalue weighted by Crippen LogP contribution is -2.37.